The molecule has 0 fully saturated rings. The molecule has 0 aliphatic carbocycles. The second kappa shape index (κ2) is 11.8. The maximum Gasteiger partial charge on any atom is 0.412 e. The Morgan fingerprint density at radius 3 is 2.31 bits per heavy atom. The predicted octanol–water partition coefficient (Wildman–Crippen LogP) is 3.57. The van der Waals surface area contributed by atoms with E-state index in [0.29, 0.717) is 30.2 Å². The van der Waals surface area contributed by atoms with Crippen molar-refractivity contribution in [3.63, 3.8) is 0 Å². The average molecular weight is 485 g/mol. The second-order valence-corrected chi connectivity index (χ2v) is 8.28. The van der Waals surface area contributed by atoms with Gasteiger partial charge in [0.15, 0.2) is 0 Å². The molecule has 0 radical (unpaired) electrons. The first-order valence-electron chi connectivity index (χ1n) is 11.5. The van der Waals surface area contributed by atoms with E-state index in [0.717, 1.165) is 11.1 Å². The Bertz CT molecular complexity index is 1340. The quantitative estimate of drug-likeness (QED) is 0.332. The van der Waals surface area contributed by atoms with E-state index in [9.17, 15) is 9.59 Å². The molecule has 1 atom stereocenters. The number of aromatic nitrogens is 3. The van der Waals surface area contributed by atoms with Gasteiger partial charge in [0.2, 0.25) is 5.95 Å². The number of carbonyl (C=O) groups excluding carboxylic acids is 1. The molecule has 4 rings (SSSR count). The van der Waals surface area contributed by atoms with E-state index in [1.54, 1.807) is 31.6 Å². The molecule has 2 heterocycles. The maximum absolute atomic E-state index is 13.3. The lowest BCUT2D eigenvalue weighted by Crippen LogP contribution is -2.34. The average Bonchev–Trinajstić information content (AvgIpc) is 2.91. The van der Waals surface area contributed by atoms with Crippen molar-refractivity contribution < 1.29 is 9.53 Å². The van der Waals surface area contributed by atoms with Gasteiger partial charge in [0.25, 0.3) is 5.56 Å². The zero-order chi connectivity index (χ0) is 25.3. The van der Waals surface area contributed by atoms with E-state index < -0.39 is 11.7 Å². The molecule has 184 valence electrons. The van der Waals surface area contributed by atoms with E-state index in [1.165, 1.54) is 4.57 Å². The first-order valence-corrected chi connectivity index (χ1v) is 11.5. The van der Waals surface area contributed by atoms with Crippen LogP contribution < -0.4 is 21.9 Å². The van der Waals surface area contributed by atoms with Crippen molar-refractivity contribution in [2.45, 2.75) is 19.1 Å². The highest BCUT2D eigenvalue weighted by atomic mass is 16.5. The summed E-state index contributed by atoms with van der Waals surface area (Å²) in [5, 5.41) is 5.76. The molecule has 4 aromatic rings. The molecule has 2 aromatic carbocycles. The van der Waals surface area contributed by atoms with Gasteiger partial charge in [-0.05, 0) is 29.7 Å². The van der Waals surface area contributed by atoms with Crippen molar-refractivity contribution in [1.29, 1.82) is 0 Å². The van der Waals surface area contributed by atoms with Crippen LogP contribution in [-0.4, -0.2) is 33.2 Å². The summed E-state index contributed by atoms with van der Waals surface area (Å²) in [6.45, 7) is 0.473. The number of anilines is 2. The Morgan fingerprint density at radius 2 is 1.64 bits per heavy atom. The van der Waals surface area contributed by atoms with Crippen LogP contribution in [0, 0.1) is 0 Å². The Labute approximate surface area is 209 Å². The number of nitrogens with zero attached hydrogens (tertiary/aromatic N) is 3. The van der Waals surface area contributed by atoms with Gasteiger partial charge in [0.1, 0.15) is 18.0 Å². The molecule has 4 N–H and O–H groups in total. The van der Waals surface area contributed by atoms with Crippen LogP contribution in [0.25, 0.3) is 11.3 Å². The van der Waals surface area contributed by atoms with Crippen LogP contribution in [0.5, 0.6) is 0 Å². The monoisotopic (exact) mass is 484 g/mol. The summed E-state index contributed by atoms with van der Waals surface area (Å²) >= 11 is 0. The number of nitrogens with one attached hydrogen (secondary N) is 2. The molecule has 0 aliphatic heterocycles. The van der Waals surface area contributed by atoms with Gasteiger partial charge in [-0.2, -0.15) is 0 Å². The molecule has 0 spiro atoms. The number of rotatable bonds is 9. The molecule has 1 unspecified atom stereocenters. The number of hydrogen-bond donors (Lipinski definition) is 3. The minimum Gasteiger partial charge on any atom is -0.444 e. The van der Waals surface area contributed by atoms with Gasteiger partial charge < -0.3 is 15.8 Å². The Kier molecular flexibility index (Phi) is 8.05. The number of carbonyl (C=O) groups is 1. The van der Waals surface area contributed by atoms with Crippen molar-refractivity contribution in [3.05, 3.63) is 107 Å². The molecular formula is C27H28N6O3. The highest BCUT2D eigenvalue weighted by Gasteiger charge is 2.19. The van der Waals surface area contributed by atoms with Crippen LogP contribution in [0.2, 0.25) is 0 Å². The fourth-order valence-corrected chi connectivity index (χ4v) is 3.66. The third-order valence-corrected chi connectivity index (χ3v) is 5.55. The Balaban J connectivity index is 1.54. The summed E-state index contributed by atoms with van der Waals surface area (Å²) in [5.41, 5.74) is 8.77. The number of amides is 1. The predicted molar refractivity (Wildman–Crippen MR) is 140 cm³/mol. The number of benzene rings is 2. The summed E-state index contributed by atoms with van der Waals surface area (Å²) in [6, 6.07) is 22.5. The van der Waals surface area contributed by atoms with Crippen molar-refractivity contribution in [2.24, 2.45) is 12.8 Å². The van der Waals surface area contributed by atoms with Gasteiger partial charge in [-0.1, -0.05) is 60.7 Å². The molecule has 36 heavy (non-hydrogen) atoms. The third kappa shape index (κ3) is 6.34. The van der Waals surface area contributed by atoms with Crippen LogP contribution in [0.15, 0.2) is 90.0 Å². The zero-order valence-electron chi connectivity index (χ0n) is 19.9. The topological polar surface area (TPSA) is 124 Å². The molecule has 0 bridgehead atoms. The minimum absolute atomic E-state index is 0.0147. The molecule has 0 saturated heterocycles. The van der Waals surface area contributed by atoms with E-state index in [4.69, 9.17) is 10.5 Å². The summed E-state index contributed by atoms with van der Waals surface area (Å²) in [7, 11) is 1.58. The number of hydrogen-bond acceptors (Lipinski definition) is 7. The van der Waals surface area contributed by atoms with Gasteiger partial charge >= 0.3 is 6.09 Å². The molecule has 0 aliphatic rings. The molecule has 9 heteroatoms. The van der Waals surface area contributed by atoms with Crippen LogP contribution in [0.1, 0.15) is 11.1 Å². The zero-order valence-corrected chi connectivity index (χ0v) is 19.9. The highest BCUT2D eigenvalue weighted by Crippen LogP contribution is 2.24. The standard InChI is InChI=1S/C27H28N6O3/c1-33-25(34)24(32-27(35)36-18-20-10-6-3-7-11-20)23(21-12-14-29-15-13-21)31-26(33)30-17-22(28)16-19-8-4-2-5-9-19/h2-15,22H,16-18,28H2,1H3,(H,30,31)(H,32,35). The number of nitrogens with two attached hydrogens (primary N) is 1. The summed E-state index contributed by atoms with van der Waals surface area (Å²) < 4.78 is 6.65. The lowest BCUT2D eigenvalue weighted by molar-refractivity contribution is 0.155. The van der Waals surface area contributed by atoms with E-state index >= 15 is 0 Å². The largest absolute Gasteiger partial charge is 0.444 e. The molecule has 1 amide bonds. The van der Waals surface area contributed by atoms with Gasteiger partial charge in [0.05, 0.1) is 0 Å². The van der Waals surface area contributed by atoms with Crippen molar-refractivity contribution in [3.8, 4) is 11.3 Å². The third-order valence-electron chi connectivity index (χ3n) is 5.55. The normalized spacial score (nSPS) is 11.5. The van der Waals surface area contributed by atoms with E-state index in [2.05, 4.69) is 20.6 Å². The number of ether oxygens (including phenoxy) is 1. The second-order valence-electron chi connectivity index (χ2n) is 8.28. The van der Waals surface area contributed by atoms with Gasteiger partial charge in [0, 0.05) is 37.6 Å². The number of pyridine rings is 1. The summed E-state index contributed by atoms with van der Waals surface area (Å²) in [4.78, 5) is 34.5. The first-order chi connectivity index (χ1) is 17.5. The van der Waals surface area contributed by atoms with Gasteiger partial charge in [-0.25, -0.2) is 9.78 Å². The minimum atomic E-state index is -0.751. The summed E-state index contributed by atoms with van der Waals surface area (Å²) in [5.74, 6) is 0.332. The smallest absolute Gasteiger partial charge is 0.412 e. The van der Waals surface area contributed by atoms with Crippen molar-refractivity contribution >= 4 is 17.7 Å². The van der Waals surface area contributed by atoms with Crippen LogP contribution in [0.4, 0.5) is 16.4 Å². The molecule has 0 saturated carbocycles. The van der Waals surface area contributed by atoms with Crippen molar-refractivity contribution in [2.75, 3.05) is 17.2 Å². The first kappa shape index (κ1) is 24.6. The van der Waals surface area contributed by atoms with Crippen LogP contribution >= 0.6 is 0 Å². The molecular weight excluding hydrogens is 456 g/mol. The fraction of sp³-hybridized carbons (Fsp3) is 0.185. The van der Waals surface area contributed by atoms with Gasteiger partial charge in [-0.3, -0.25) is 19.7 Å². The SMILES string of the molecule is Cn1c(NCC(N)Cc2ccccc2)nc(-c2ccncc2)c(NC(=O)OCc2ccccc2)c1=O. The Morgan fingerprint density at radius 1 is 1.00 bits per heavy atom. The Hall–Kier alpha value is -4.50. The fourth-order valence-electron chi connectivity index (χ4n) is 3.66. The van der Waals surface area contributed by atoms with Crippen molar-refractivity contribution in [1.82, 2.24) is 14.5 Å². The van der Waals surface area contributed by atoms with Crippen LogP contribution in [0.3, 0.4) is 0 Å². The lowest BCUT2D eigenvalue weighted by Gasteiger charge is -2.18. The highest BCUT2D eigenvalue weighted by molar-refractivity contribution is 5.90. The lowest BCUT2D eigenvalue weighted by atomic mass is 10.1. The van der Waals surface area contributed by atoms with E-state index in [1.807, 2.05) is 60.7 Å². The van der Waals surface area contributed by atoms with Gasteiger partial charge in [-0.15, -0.1) is 0 Å². The van der Waals surface area contributed by atoms with E-state index in [-0.39, 0.29) is 18.3 Å². The molecule has 9 nitrogen and oxygen atoms in total. The summed E-state index contributed by atoms with van der Waals surface area (Å²) in [6.07, 6.45) is 3.11. The van der Waals surface area contributed by atoms with Crippen LogP contribution in [-0.2, 0) is 24.8 Å². The maximum atomic E-state index is 13.3. The molecule has 2 aromatic heterocycles.